The second-order valence-electron chi connectivity index (χ2n) is 1.91. The van der Waals surface area contributed by atoms with Gasteiger partial charge in [-0.15, -0.1) is 11.3 Å². The Kier molecular flexibility index (Phi) is 3.78. The van der Waals surface area contributed by atoms with Crippen LogP contribution in [0.15, 0.2) is 20.4 Å². The number of rotatable bonds is 2. The number of halogens is 2. The third-order valence-corrected chi connectivity index (χ3v) is 4.30. The highest BCUT2D eigenvalue weighted by molar-refractivity contribution is 9.13. The molecule has 0 spiro atoms. The Morgan fingerprint density at radius 3 is 2.73 bits per heavy atom. The molecule has 0 saturated heterocycles. The standard InChI is InChI=1S/C7H7Br2NS/c8-6-4-5(2-1-3-10)11-7(6)9/h1-2,4H,3,10H2. The quantitative estimate of drug-likeness (QED) is 0.891. The van der Waals surface area contributed by atoms with Crippen LogP contribution in [0.3, 0.4) is 0 Å². The van der Waals surface area contributed by atoms with E-state index in [1.807, 2.05) is 12.2 Å². The van der Waals surface area contributed by atoms with Crippen molar-refractivity contribution in [2.24, 2.45) is 5.73 Å². The van der Waals surface area contributed by atoms with Crippen LogP contribution in [0, 0.1) is 0 Å². The van der Waals surface area contributed by atoms with Gasteiger partial charge in [0.15, 0.2) is 0 Å². The molecular formula is C7H7Br2NS. The minimum Gasteiger partial charge on any atom is -0.327 e. The molecule has 0 aliphatic rings. The van der Waals surface area contributed by atoms with Crippen LogP contribution in [0.25, 0.3) is 6.08 Å². The van der Waals surface area contributed by atoms with Gasteiger partial charge in [0.1, 0.15) is 0 Å². The SMILES string of the molecule is NCC=Cc1cc(Br)c(Br)s1. The molecule has 0 unspecified atom stereocenters. The highest BCUT2D eigenvalue weighted by atomic mass is 79.9. The van der Waals surface area contributed by atoms with Crippen molar-refractivity contribution in [2.45, 2.75) is 0 Å². The Morgan fingerprint density at radius 1 is 1.55 bits per heavy atom. The molecule has 0 saturated carbocycles. The summed E-state index contributed by atoms with van der Waals surface area (Å²) in [7, 11) is 0. The van der Waals surface area contributed by atoms with Gasteiger partial charge in [-0.05, 0) is 44.0 Å². The summed E-state index contributed by atoms with van der Waals surface area (Å²) in [4.78, 5) is 1.20. The zero-order valence-electron chi connectivity index (χ0n) is 5.68. The molecule has 0 bridgehead atoms. The normalized spacial score (nSPS) is 11.2. The first-order chi connectivity index (χ1) is 5.24. The summed E-state index contributed by atoms with van der Waals surface area (Å²) >= 11 is 8.50. The first kappa shape index (κ1) is 9.45. The molecule has 60 valence electrons. The lowest BCUT2D eigenvalue weighted by atomic mass is 10.4. The Labute approximate surface area is 86.6 Å². The van der Waals surface area contributed by atoms with Gasteiger partial charge in [0, 0.05) is 15.9 Å². The van der Waals surface area contributed by atoms with Gasteiger partial charge in [-0.25, -0.2) is 0 Å². The Bertz CT molecular complexity index is 248. The van der Waals surface area contributed by atoms with Gasteiger partial charge in [-0.2, -0.15) is 0 Å². The second-order valence-corrected chi connectivity index (χ2v) is 5.16. The van der Waals surface area contributed by atoms with Gasteiger partial charge in [-0.1, -0.05) is 6.08 Å². The second kappa shape index (κ2) is 4.40. The lowest BCUT2D eigenvalue weighted by Gasteiger charge is -1.79. The van der Waals surface area contributed by atoms with Gasteiger partial charge in [0.25, 0.3) is 0 Å². The molecule has 0 aliphatic heterocycles. The van der Waals surface area contributed by atoms with E-state index in [1.165, 1.54) is 4.88 Å². The van der Waals surface area contributed by atoms with E-state index < -0.39 is 0 Å². The zero-order chi connectivity index (χ0) is 8.27. The van der Waals surface area contributed by atoms with E-state index in [9.17, 15) is 0 Å². The van der Waals surface area contributed by atoms with E-state index in [-0.39, 0.29) is 0 Å². The van der Waals surface area contributed by atoms with Gasteiger partial charge in [-0.3, -0.25) is 0 Å². The third kappa shape index (κ3) is 2.71. The maximum atomic E-state index is 5.32. The Hall–Kier alpha value is 0.360. The van der Waals surface area contributed by atoms with Crippen molar-refractivity contribution in [3.63, 3.8) is 0 Å². The molecule has 0 amide bonds. The fraction of sp³-hybridized carbons (Fsp3) is 0.143. The van der Waals surface area contributed by atoms with Crippen LogP contribution in [0.1, 0.15) is 4.88 Å². The van der Waals surface area contributed by atoms with Crippen LogP contribution in [0.2, 0.25) is 0 Å². The first-order valence-electron chi connectivity index (χ1n) is 3.05. The maximum Gasteiger partial charge on any atom is 0.0846 e. The van der Waals surface area contributed by atoms with Gasteiger partial charge >= 0.3 is 0 Å². The molecule has 1 heterocycles. The van der Waals surface area contributed by atoms with E-state index in [2.05, 4.69) is 37.9 Å². The summed E-state index contributed by atoms with van der Waals surface area (Å²) in [6, 6.07) is 2.06. The topological polar surface area (TPSA) is 26.0 Å². The summed E-state index contributed by atoms with van der Waals surface area (Å²) in [6.07, 6.45) is 3.95. The van der Waals surface area contributed by atoms with Crippen LogP contribution in [0.4, 0.5) is 0 Å². The molecule has 0 aromatic carbocycles. The number of hydrogen-bond acceptors (Lipinski definition) is 2. The molecule has 0 fully saturated rings. The summed E-state index contributed by atoms with van der Waals surface area (Å²) in [6.45, 7) is 0.590. The molecule has 0 aliphatic carbocycles. The van der Waals surface area contributed by atoms with Gasteiger partial charge in [0.05, 0.1) is 3.79 Å². The molecule has 0 atom stereocenters. The number of thiophene rings is 1. The van der Waals surface area contributed by atoms with Crippen molar-refractivity contribution in [3.8, 4) is 0 Å². The lowest BCUT2D eigenvalue weighted by molar-refractivity contribution is 1.26. The van der Waals surface area contributed by atoms with E-state index in [0.29, 0.717) is 6.54 Å². The van der Waals surface area contributed by atoms with Crippen LogP contribution in [0.5, 0.6) is 0 Å². The van der Waals surface area contributed by atoms with Crippen LogP contribution >= 0.6 is 43.2 Å². The average molecular weight is 297 g/mol. The lowest BCUT2D eigenvalue weighted by Crippen LogP contribution is -1.91. The van der Waals surface area contributed by atoms with E-state index in [1.54, 1.807) is 11.3 Å². The van der Waals surface area contributed by atoms with Crippen LogP contribution < -0.4 is 5.73 Å². The largest absolute Gasteiger partial charge is 0.327 e. The van der Waals surface area contributed by atoms with Gasteiger partial charge in [0.2, 0.25) is 0 Å². The highest BCUT2D eigenvalue weighted by Crippen LogP contribution is 2.32. The van der Waals surface area contributed by atoms with E-state index in [0.717, 1.165) is 8.26 Å². The van der Waals surface area contributed by atoms with Crippen LogP contribution in [-0.4, -0.2) is 6.54 Å². The highest BCUT2D eigenvalue weighted by Gasteiger charge is 1.99. The Morgan fingerprint density at radius 2 is 2.27 bits per heavy atom. The predicted molar refractivity (Wildman–Crippen MR) is 57.8 cm³/mol. The van der Waals surface area contributed by atoms with Crippen molar-refractivity contribution in [3.05, 3.63) is 25.3 Å². The smallest absolute Gasteiger partial charge is 0.0846 e. The monoisotopic (exact) mass is 295 g/mol. The Balaban J connectivity index is 2.80. The van der Waals surface area contributed by atoms with E-state index >= 15 is 0 Å². The minimum absolute atomic E-state index is 0.590. The summed E-state index contributed by atoms with van der Waals surface area (Å²) < 4.78 is 2.22. The molecule has 4 heteroatoms. The van der Waals surface area contributed by atoms with Crippen molar-refractivity contribution in [1.29, 1.82) is 0 Å². The molecule has 1 aromatic heterocycles. The molecule has 0 radical (unpaired) electrons. The molecule has 1 nitrogen and oxygen atoms in total. The van der Waals surface area contributed by atoms with Gasteiger partial charge < -0.3 is 5.73 Å². The van der Waals surface area contributed by atoms with E-state index in [4.69, 9.17) is 5.73 Å². The van der Waals surface area contributed by atoms with Crippen LogP contribution in [-0.2, 0) is 0 Å². The zero-order valence-corrected chi connectivity index (χ0v) is 9.67. The predicted octanol–water partition coefficient (Wildman–Crippen LogP) is 3.25. The first-order valence-corrected chi connectivity index (χ1v) is 5.45. The molecule has 2 N–H and O–H groups in total. The van der Waals surface area contributed by atoms with Crippen molar-refractivity contribution >= 4 is 49.3 Å². The molecule has 1 rings (SSSR count). The van der Waals surface area contributed by atoms with Crippen molar-refractivity contribution in [1.82, 2.24) is 0 Å². The molecule has 1 aromatic rings. The summed E-state index contributed by atoms with van der Waals surface area (Å²) in [5.41, 5.74) is 5.32. The molecule has 11 heavy (non-hydrogen) atoms. The third-order valence-electron chi connectivity index (χ3n) is 1.08. The number of hydrogen-bond donors (Lipinski definition) is 1. The minimum atomic E-state index is 0.590. The van der Waals surface area contributed by atoms with Crippen molar-refractivity contribution < 1.29 is 0 Å². The number of nitrogens with two attached hydrogens (primary N) is 1. The average Bonchev–Trinajstić information content (AvgIpc) is 2.28. The maximum absolute atomic E-state index is 5.32. The summed E-state index contributed by atoms with van der Waals surface area (Å²) in [5, 5.41) is 0. The summed E-state index contributed by atoms with van der Waals surface area (Å²) in [5.74, 6) is 0. The molecular weight excluding hydrogens is 290 g/mol. The van der Waals surface area contributed by atoms with Crippen molar-refractivity contribution in [2.75, 3.05) is 6.54 Å². The fourth-order valence-electron chi connectivity index (χ4n) is 0.630. The fourth-order valence-corrected chi connectivity index (χ4v) is 2.65.